The zero-order valence-electron chi connectivity index (χ0n) is 11.6. The van der Waals surface area contributed by atoms with Crippen LogP contribution in [0.2, 0.25) is 10.0 Å². The van der Waals surface area contributed by atoms with Crippen LogP contribution < -0.4 is 5.73 Å². The maximum absolute atomic E-state index is 12.6. The number of thioether (sulfide) groups is 1. The molecule has 0 aromatic heterocycles. The molecule has 1 atom stereocenters. The third kappa shape index (κ3) is 3.81. The van der Waals surface area contributed by atoms with Gasteiger partial charge in [0.1, 0.15) is 4.90 Å². The lowest BCUT2D eigenvalue weighted by Crippen LogP contribution is -2.36. The van der Waals surface area contributed by atoms with Crippen molar-refractivity contribution in [2.24, 2.45) is 5.73 Å². The first-order chi connectivity index (χ1) is 9.25. The quantitative estimate of drug-likeness (QED) is 0.850. The van der Waals surface area contributed by atoms with Crippen LogP contribution in [0.3, 0.4) is 0 Å². The second-order valence-electron chi connectivity index (χ2n) is 4.41. The maximum Gasteiger partial charge on any atom is 0.244 e. The molecule has 8 heteroatoms. The summed E-state index contributed by atoms with van der Waals surface area (Å²) in [7, 11) is -2.16. The molecule has 0 saturated heterocycles. The van der Waals surface area contributed by atoms with Gasteiger partial charge in [-0.1, -0.05) is 23.2 Å². The molecule has 1 rings (SSSR count). The highest BCUT2D eigenvalue weighted by atomic mass is 35.5. The predicted molar refractivity (Wildman–Crippen MR) is 87.1 cm³/mol. The van der Waals surface area contributed by atoms with Gasteiger partial charge in [0.15, 0.2) is 0 Å². The zero-order chi connectivity index (χ0) is 15.5. The number of benzene rings is 1. The summed E-state index contributed by atoms with van der Waals surface area (Å²) < 4.78 is 26.6. The number of hydrogen-bond donors (Lipinski definition) is 1. The molecule has 0 bridgehead atoms. The third-order valence-electron chi connectivity index (χ3n) is 2.98. The lowest BCUT2D eigenvalue weighted by Gasteiger charge is -2.24. The summed E-state index contributed by atoms with van der Waals surface area (Å²) in [5, 5.41) is 0.444. The lowest BCUT2D eigenvalue weighted by atomic mass is 10.2. The fraction of sp³-hybridized carbons (Fsp3) is 0.500. The van der Waals surface area contributed by atoms with Crippen LogP contribution in [0.1, 0.15) is 12.5 Å². The summed E-state index contributed by atoms with van der Waals surface area (Å²) in [5.41, 5.74) is 6.08. The minimum atomic E-state index is -3.70. The van der Waals surface area contributed by atoms with Gasteiger partial charge in [0, 0.05) is 30.4 Å². The SMILES string of the molecule is CSCC(C)N(C)S(=O)(=O)c1cc(Cl)cc(CN)c1Cl. The number of nitrogens with zero attached hydrogens (tertiary/aromatic N) is 1. The Hall–Kier alpha value is 0.0200. The highest BCUT2D eigenvalue weighted by molar-refractivity contribution is 7.98. The smallest absolute Gasteiger partial charge is 0.244 e. The zero-order valence-corrected chi connectivity index (χ0v) is 14.7. The van der Waals surface area contributed by atoms with Crippen molar-refractivity contribution in [2.75, 3.05) is 19.1 Å². The number of rotatable bonds is 6. The van der Waals surface area contributed by atoms with Crippen molar-refractivity contribution in [2.45, 2.75) is 24.4 Å². The molecule has 1 aromatic carbocycles. The van der Waals surface area contributed by atoms with Crippen molar-refractivity contribution in [3.8, 4) is 0 Å². The highest BCUT2D eigenvalue weighted by Gasteiger charge is 2.28. The van der Waals surface area contributed by atoms with Crippen molar-refractivity contribution in [3.63, 3.8) is 0 Å². The monoisotopic (exact) mass is 356 g/mol. The van der Waals surface area contributed by atoms with Gasteiger partial charge in [-0.25, -0.2) is 8.42 Å². The molecule has 0 aliphatic rings. The van der Waals surface area contributed by atoms with Gasteiger partial charge < -0.3 is 5.73 Å². The Labute approximate surface area is 134 Å². The summed E-state index contributed by atoms with van der Waals surface area (Å²) in [6.45, 7) is 1.97. The van der Waals surface area contributed by atoms with Gasteiger partial charge in [-0.05, 0) is 30.9 Å². The first-order valence-electron chi connectivity index (χ1n) is 5.90. The van der Waals surface area contributed by atoms with Crippen molar-refractivity contribution in [1.29, 1.82) is 0 Å². The van der Waals surface area contributed by atoms with E-state index in [-0.39, 0.29) is 22.5 Å². The van der Waals surface area contributed by atoms with E-state index in [4.69, 9.17) is 28.9 Å². The minimum Gasteiger partial charge on any atom is -0.326 e. The van der Waals surface area contributed by atoms with Crippen molar-refractivity contribution in [1.82, 2.24) is 4.31 Å². The van der Waals surface area contributed by atoms with E-state index in [0.29, 0.717) is 16.3 Å². The molecular formula is C12H18Cl2N2O2S2. The van der Waals surface area contributed by atoms with E-state index in [0.717, 1.165) is 0 Å². The topological polar surface area (TPSA) is 63.4 Å². The van der Waals surface area contributed by atoms with E-state index in [1.165, 1.54) is 17.4 Å². The Bertz CT molecular complexity index is 579. The van der Waals surface area contributed by atoms with Gasteiger partial charge in [0.05, 0.1) is 5.02 Å². The van der Waals surface area contributed by atoms with Crippen LogP contribution >= 0.6 is 35.0 Å². The largest absolute Gasteiger partial charge is 0.326 e. The maximum atomic E-state index is 12.6. The Balaban J connectivity index is 3.32. The average molecular weight is 357 g/mol. The molecule has 114 valence electrons. The normalized spacial score (nSPS) is 13.8. The molecule has 0 aliphatic carbocycles. The highest BCUT2D eigenvalue weighted by Crippen LogP contribution is 2.31. The summed E-state index contributed by atoms with van der Waals surface area (Å²) in [6, 6.07) is 2.79. The first kappa shape index (κ1) is 18.1. The standard InChI is InChI=1S/C12H18Cl2N2O2S2/c1-8(7-19-3)16(2)20(17,18)11-5-10(13)4-9(6-15)12(11)14/h4-5,8H,6-7,15H2,1-3H3. The fourth-order valence-corrected chi connectivity index (χ4v) is 4.77. The van der Waals surface area contributed by atoms with Gasteiger partial charge in [-0.15, -0.1) is 0 Å². The summed E-state index contributed by atoms with van der Waals surface area (Å²) >= 11 is 13.7. The van der Waals surface area contributed by atoms with Crippen molar-refractivity contribution >= 4 is 45.0 Å². The minimum absolute atomic E-state index is 0.00238. The van der Waals surface area contributed by atoms with Gasteiger partial charge in [-0.3, -0.25) is 0 Å². The molecular weight excluding hydrogens is 339 g/mol. The van der Waals surface area contributed by atoms with Crippen LogP contribution in [0.5, 0.6) is 0 Å². The third-order valence-corrected chi connectivity index (χ3v) is 6.57. The molecule has 0 saturated carbocycles. The fourth-order valence-electron chi connectivity index (χ4n) is 1.69. The van der Waals surface area contributed by atoms with Gasteiger partial charge in [0.2, 0.25) is 10.0 Å². The number of nitrogens with two attached hydrogens (primary N) is 1. The number of hydrogen-bond acceptors (Lipinski definition) is 4. The van der Waals surface area contributed by atoms with Crippen molar-refractivity contribution in [3.05, 3.63) is 27.7 Å². The first-order valence-corrected chi connectivity index (χ1v) is 9.49. The second kappa shape index (κ2) is 7.33. The van der Waals surface area contributed by atoms with Gasteiger partial charge >= 0.3 is 0 Å². The lowest BCUT2D eigenvalue weighted by molar-refractivity contribution is 0.415. The molecule has 20 heavy (non-hydrogen) atoms. The van der Waals surface area contributed by atoms with Crippen molar-refractivity contribution < 1.29 is 8.42 Å². The van der Waals surface area contributed by atoms with E-state index in [9.17, 15) is 8.42 Å². The Morgan fingerprint density at radius 2 is 2.00 bits per heavy atom. The van der Waals surface area contributed by atoms with E-state index in [1.54, 1.807) is 17.8 Å². The van der Waals surface area contributed by atoms with Crippen LogP contribution in [0.25, 0.3) is 0 Å². The Morgan fingerprint density at radius 3 is 2.50 bits per heavy atom. The van der Waals surface area contributed by atoms with E-state index >= 15 is 0 Å². The summed E-state index contributed by atoms with van der Waals surface area (Å²) in [5.74, 6) is 0.692. The number of halogens is 2. The molecule has 0 radical (unpaired) electrons. The van der Waals surface area contributed by atoms with E-state index in [1.807, 2.05) is 13.2 Å². The second-order valence-corrected chi connectivity index (χ2v) is 8.10. The van der Waals surface area contributed by atoms with Crippen LogP contribution in [-0.4, -0.2) is 37.8 Å². The van der Waals surface area contributed by atoms with Crippen LogP contribution in [0, 0.1) is 0 Å². The molecule has 0 spiro atoms. The molecule has 1 aromatic rings. The van der Waals surface area contributed by atoms with Gasteiger partial charge in [-0.2, -0.15) is 16.1 Å². The van der Waals surface area contributed by atoms with Crippen LogP contribution in [-0.2, 0) is 16.6 Å². The summed E-state index contributed by atoms with van der Waals surface area (Å²) in [6.07, 6.45) is 1.93. The van der Waals surface area contributed by atoms with E-state index in [2.05, 4.69) is 0 Å². The number of sulfonamides is 1. The van der Waals surface area contributed by atoms with Crippen LogP contribution in [0.15, 0.2) is 17.0 Å². The van der Waals surface area contributed by atoms with Gasteiger partial charge in [0.25, 0.3) is 0 Å². The Kier molecular flexibility index (Phi) is 6.63. The molecule has 0 amide bonds. The predicted octanol–water partition coefficient (Wildman–Crippen LogP) is 2.82. The average Bonchev–Trinajstić information content (AvgIpc) is 2.40. The van der Waals surface area contributed by atoms with E-state index < -0.39 is 10.0 Å². The van der Waals surface area contributed by atoms with Crippen LogP contribution in [0.4, 0.5) is 0 Å². The molecule has 1 unspecified atom stereocenters. The molecule has 4 nitrogen and oxygen atoms in total. The molecule has 0 heterocycles. The molecule has 0 aliphatic heterocycles. The Morgan fingerprint density at radius 1 is 1.40 bits per heavy atom. The molecule has 2 N–H and O–H groups in total. The molecule has 0 fully saturated rings. The summed E-state index contributed by atoms with van der Waals surface area (Å²) in [4.78, 5) is 0.00238.